The van der Waals surface area contributed by atoms with Crippen LogP contribution in [0.25, 0.3) is 10.9 Å². The number of anilines is 1. The fourth-order valence-electron chi connectivity index (χ4n) is 7.20. The van der Waals surface area contributed by atoms with E-state index in [1.165, 1.54) is 13.2 Å². The zero-order valence-electron chi connectivity index (χ0n) is 29.6. The third kappa shape index (κ3) is 8.09. The summed E-state index contributed by atoms with van der Waals surface area (Å²) >= 11 is 0. The summed E-state index contributed by atoms with van der Waals surface area (Å²) in [4.78, 5) is 57.1. The lowest BCUT2D eigenvalue weighted by Crippen LogP contribution is -2.44. The van der Waals surface area contributed by atoms with Crippen LogP contribution in [0.2, 0.25) is 0 Å². The topological polar surface area (TPSA) is 145 Å². The molecule has 2 aliphatic heterocycles. The maximum absolute atomic E-state index is 13.1. The van der Waals surface area contributed by atoms with E-state index in [2.05, 4.69) is 15.2 Å². The number of amides is 2. The molecule has 4 heterocycles. The Morgan fingerprint density at radius 3 is 2.57 bits per heavy atom. The number of carbonyl (C=O) groups is 4. The molecule has 2 fully saturated rings. The Morgan fingerprint density at radius 2 is 1.81 bits per heavy atom. The van der Waals surface area contributed by atoms with E-state index < -0.39 is 23.8 Å². The predicted molar refractivity (Wildman–Crippen MR) is 188 cm³/mol. The monoisotopic (exact) mass is 748 g/mol. The number of ether oxygens (including phenoxy) is 3. The minimum Gasteiger partial charge on any atom is -0.494 e. The average Bonchev–Trinajstić information content (AvgIpc) is 3.72. The lowest BCUT2D eigenvalue weighted by atomic mass is 9.92. The standard InChI is InChI=1S/C38H39F3N6O7/c1-52-34-20-30-24(18-31(34)43-36(50)29-3-2-4-35(42-29)38(39,40)41)22-47(44-30)25-9-11-45(12-10-25)13-14-53-15-16-54-27-6-7-28-23(17-27)21-46(37(28)51)32-8-5-26(48)19-33(32)49/h2-4,6-7,17-18,20,22,25,32H,5,8-16,19,21H2,1H3,(H,43,50). The number of benzene rings is 2. The van der Waals surface area contributed by atoms with Crippen LogP contribution >= 0.6 is 0 Å². The maximum atomic E-state index is 13.1. The third-order valence-corrected chi connectivity index (χ3v) is 10.1. The molecule has 0 spiro atoms. The van der Waals surface area contributed by atoms with Crippen LogP contribution in [0.4, 0.5) is 18.9 Å². The fourth-order valence-corrected chi connectivity index (χ4v) is 7.20. The molecule has 1 aliphatic carbocycles. The fraction of sp³-hybridized carbons (Fsp3) is 0.421. The van der Waals surface area contributed by atoms with Crippen LogP contribution in [-0.4, -0.2) is 101 Å². The molecule has 16 heteroatoms. The van der Waals surface area contributed by atoms with E-state index in [1.807, 2.05) is 16.9 Å². The molecule has 1 N–H and O–H groups in total. The number of rotatable bonds is 12. The summed E-state index contributed by atoms with van der Waals surface area (Å²) in [6.07, 6.45) is -0.469. The van der Waals surface area contributed by atoms with Crippen molar-refractivity contribution in [1.82, 2.24) is 24.6 Å². The van der Waals surface area contributed by atoms with E-state index in [0.717, 1.165) is 55.6 Å². The molecule has 54 heavy (non-hydrogen) atoms. The highest BCUT2D eigenvalue weighted by molar-refractivity contribution is 6.07. The molecule has 4 aromatic rings. The van der Waals surface area contributed by atoms with Crippen molar-refractivity contribution in [2.45, 2.75) is 56.9 Å². The quantitative estimate of drug-likeness (QED) is 0.154. The number of ketones is 2. The zero-order valence-corrected chi connectivity index (χ0v) is 29.6. The second kappa shape index (κ2) is 15.6. The van der Waals surface area contributed by atoms with Gasteiger partial charge < -0.3 is 29.3 Å². The van der Waals surface area contributed by atoms with Gasteiger partial charge in [0.05, 0.1) is 50.0 Å². The second-order valence-electron chi connectivity index (χ2n) is 13.6. The van der Waals surface area contributed by atoms with Crippen molar-refractivity contribution in [3.8, 4) is 11.5 Å². The lowest BCUT2D eigenvalue weighted by molar-refractivity contribution is -0.141. The summed E-state index contributed by atoms with van der Waals surface area (Å²) in [6.45, 7) is 4.05. The Hall–Kier alpha value is -5.35. The van der Waals surface area contributed by atoms with Crippen molar-refractivity contribution in [1.29, 1.82) is 0 Å². The first-order valence-electron chi connectivity index (χ1n) is 17.8. The molecule has 2 amide bonds. The third-order valence-electron chi connectivity index (χ3n) is 10.1. The molecule has 7 rings (SSSR count). The number of pyridine rings is 1. The van der Waals surface area contributed by atoms with Gasteiger partial charge in [0.1, 0.15) is 35.3 Å². The molecule has 1 saturated carbocycles. The number of hydrogen-bond acceptors (Lipinski definition) is 10. The van der Waals surface area contributed by atoms with E-state index in [0.29, 0.717) is 61.8 Å². The average molecular weight is 749 g/mol. The van der Waals surface area contributed by atoms with Gasteiger partial charge in [0.2, 0.25) is 0 Å². The molecule has 0 bridgehead atoms. The van der Waals surface area contributed by atoms with Crippen molar-refractivity contribution < 1.29 is 46.6 Å². The normalized spacial score (nSPS) is 18.3. The van der Waals surface area contributed by atoms with Gasteiger partial charge in [-0.1, -0.05) is 6.07 Å². The van der Waals surface area contributed by atoms with E-state index in [4.69, 9.17) is 19.3 Å². The molecular weight excluding hydrogens is 709 g/mol. The summed E-state index contributed by atoms with van der Waals surface area (Å²) in [5.41, 5.74) is 0.787. The van der Waals surface area contributed by atoms with Gasteiger partial charge in [0, 0.05) is 55.8 Å². The highest BCUT2D eigenvalue weighted by atomic mass is 19.4. The number of likely N-dealkylation sites (tertiary alicyclic amines) is 1. The van der Waals surface area contributed by atoms with Crippen LogP contribution in [0.3, 0.4) is 0 Å². The molecule has 0 radical (unpaired) electrons. The van der Waals surface area contributed by atoms with Gasteiger partial charge >= 0.3 is 6.18 Å². The first kappa shape index (κ1) is 37.0. The van der Waals surface area contributed by atoms with Crippen LogP contribution in [0.15, 0.2) is 54.7 Å². The minimum absolute atomic E-state index is 0.0728. The van der Waals surface area contributed by atoms with E-state index in [-0.39, 0.29) is 41.3 Å². The highest BCUT2D eigenvalue weighted by Gasteiger charge is 2.39. The Balaban J connectivity index is 0.845. The largest absolute Gasteiger partial charge is 0.494 e. The number of aromatic nitrogens is 3. The molecule has 1 saturated heterocycles. The van der Waals surface area contributed by atoms with E-state index in [9.17, 15) is 32.3 Å². The number of Topliss-reactive ketones (excluding diaryl/α,β-unsaturated/α-hetero) is 2. The molecule has 3 aliphatic rings. The van der Waals surface area contributed by atoms with Crippen molar-refractivity contribution in [3.63, 3.8) is 0 Å². The number of carbonyl (C=O) groups excluding carboxylic acids is 4. The molecule has 13 nitrogen and oxygen atoms in total. The van der Waals surface area contributed by atoms with Crippen LogP contribution < -0.4 is 14.8 Å². The van der Waals surface area contributed by atoms with E-state index in [1.54, 1.807) is 29.2 Å². The maximum Gasteiger partial charge on any atom is 0.433 e. The number of piperidine rings is 1. The van der Waals surface area contributed by atoms with E-state index >= 15 is 0 Å². The molecule has 1 atom stereocenters. The molecular formula is C38H39F3N6O7. The van der Waals surface area contributed by atoms with Gasteiger partial charge in [-0.25, -0.2) is 4.98 Å². The van der Waals surface area contributed by atoms with Crippen molar-refractivity contribution in [2.24, 2.45) is 0 Å². The number of nitrogens with zero attached hydrogens (tertiary/aromatic N) is 5. The molecule has 1 unspecified atom stereocenters. The number of nitrogens with one attached hydrogen (secondary N) is 1. The van der Waals surface area contributed by atoms with Gasteiger partial charge in [-0.05, 0) is 61.2 Å². The summed E-state index contributed by atoms with van der Waals surface area (Å²) < 4.78 is 58.4. The Labute approximate surface area is 308 Å². The second-order valence-corrected chi connectivity index (χ2v) is 13.6. The van der Waals surface area contributed by atoms with Crippen LogP contribution in [0.1, 0.15) is 70.2 Å². The summed E-state index contributed by atoms with van der Waals surface area (Å²) in [7, 11) is 1.43. The number of halogens is 3. The lowest BCUT2D eigenvalue weighted by Gasteiger charge is -2.31. The SMILES string of the molecule is COc1cc2nn(C3CCN(CCOCCOc4ccc5c(c4)CN(C4CCC(=O)CC4=O)C5=O)CC3)cc2cc1NC(=O)c1cccc(C(F)(F)F)n1. The Bertz CT molecular complexity index is 2080. The Morgan fingerprint density at radius 1 is 1.00 bits per heavy atom. The summed E-state index contributed by atoms with van der Waals surface area (Å²) in [6, 6.07) is 11.4. The van der Waals surface area contributed by atoms with Crippen LogP contribution in [0, 0.1) is 0 Å². The number of hydrogen-bond donors (Lipinski definition) is 1. The number of alkyl halides is 3. The minimum atomic E-state index is -4.67. The van der Waals surface area contributed by atoms with Crippen LogP contribution in [-0.2, 0) is 27.0 Å². The molecule has 2 aromatic carbocycles. The molecule has 2 aromatic heterocycles. The van der Waals surface area contributed by atoms with Gasteiger partial charge in [0.15, 0.2) is 5.78 Å². The predicted octanol–water partition coefficient (Wildman–Crippen LogP) is 5.09. The number of fused-ring (bicyclic) bond motifs is 2. The van der Waals surface area contributed by atoms with Gasteiger partial charge in [-0.3, -0.25) is 23.9 Å². The highest BCUT2D eigenvalue weighted by Crippen LogP contribution is 2.34. The van der Waals surface area contributed by atoms with Crippen molar-refractivity contribution in [3.05, 3.63) is 77.2 Å². The van der Waals surface area contributed by atoms with Gasteiger partial charge in [-0.15, -0.1) is 0 Å². The number of methoxy groups -OCH3 is 1. The van der Waals surface area contributed by atoms with Crippen molar-refractivity contribution in [2.75, 3.05) is 51.9 Å². The van der Waals surface area contributed by atoms with Gasteiger partial charge in [-0.2, -0.15) is 18.3 Å². The molecule has 284 valence electrons. The summed E-state index contributed by atoms with van der Waals surface area (Å²) in [5, 5.41) is 8.11. The smallest absolute Gasteiger partial charge is 0.433 e. The Kier molecular flexibility index (Phi) is 10.7. The first-order chi connectivity index (χ1) is 26.0. The van der Waals surface area contributed by atoms with Crippen molar-refractivity contribution >= 4 is 40.0 Å². The van der Waals surface area contributed by atoms with Crippen LogP contribution in [0.5, 0.6) is 11.5 Å². The summed E-state index contributed by atoms with van der Waals surface area (Å²) in [5.74, 6) is -0.310. The zero-order chi connectivity index (χ0) is 38.0. The van der Waals surface area contributed by atoms with Gasteiger partial charge in [0.25, 0.3) is 11.8 Å². The first-order valence-corrected chi connectivity index (χ1v) is 17.8.